The van der Waals surface area contributed by atoms with Crippen LogP contribution in [0.2, 0.25) is 0 Å². The second-order valence-corrected chi connectivity index (χ2v) is 4.90. The van der Waals surface area contributed by atoms with Gasteiger partial charge in [0.25, 0.3) is 0 Å². The van der Waals surface area contributed by atoms with E-state index in [1.54, 1.807) is 0 Å². The fourth-order valence-electron chi connectivity index (χ4n) is 3.10. The highest BCUT2D eigenvalue weighted by Gasteiger charge is 2.39. The Balaban J connectivity index is 1.89. The molecule has 3 rings (SSSR count). The zero-order chi connectivity index (χ0) is 11.8. The second kappa shape index (κ2) is 3.89. The molecule has 0 amide bonds. The fraction of sp³-hybridized carbons (Fsp3) is 0.429. The molecule has 2 atom stereocenters. The van der Waals surface area contributed by atoms with Gasteiger partial charge < -0.3 is 4.90 Å². The largest absolute Gasteiger partial charge is 0.365 e. The molecule has 86 valence electrons. The number of hydrogen-bond donors (Lipinski definition) is 0. The van der Waals surface area contributed by atoms with E-state index >= 15 is 0 Å². The van der Waals surface area contributed by atoms with Crippen LogP contribution in [-0.2, 0) is 4.79 Å². The van der Waals surface area contributed by atoms with Gasteiger partial charge in [0.1, 0.15) is 5.78 Å². The lowest BCUT2D eigenvalue weighted by Crippen LogP contribution is -2.43. The first kappa shape index (κ1) is 10.3. The van der Waals surface area contributed by atoms with Crippen molar-refractivity contribution in [1.82, 2.24) is 0 Å². The Morgan fingerprint density at radius 2 is 1.71 bits per heavy atom. The molecule has 2 bridgehead atoms. The highest BCUT2D eigenvalue weighted by Crippen LogP contribution is 2.37. The molecule has 2 aliphatic heterocycles. The van der Waals surface area contributed by atoms with Gasteiger partial charge in [0, 0.05) is 30.6 Å². The zero-order valence-electron chi connectivity index (χ0n) is 9.60. The van der Waals surface area contributed by atoms with E-state index in [1.165, 1.54) is 0 Å². The van der Waals surface area contributed by atoms with Gasteiger partial charge in [-0.3, -0.25) is 4.79 Å². The lowest BCUT2D eigenvalue weighted by molar-refractivity contribution is -0.120. The van der Waals surface area contributed by atoms with Crippen LogP contribution in [0.25, 0.3) is 0 Å². The van der Waals surface area contributed by atoms with Gasteiger partial charge in [0.15, 0.2) is 0 Å². The van der Waals surface area contributed by atoms with Crippen LogP contribution in [0.3, 0.4) is 0 Å². The molecular formula is C14H14N2O. The van der Waals surface area contributed by atoms with Crippen molar-refractivity contribution in [3.05, 3.63) is 29.8 Å². The highest BCUT2D eigenvalue weighted by molar-refractivity contribution is 5.83. The summed E-state index contributed by atoms with van der Waals surface area (Å²) in [5.41, 5.74) is 1.85. The van der Waals surface area contributed by atoms with Crippen molar-refractivity contribution in [2.75, 3.05) is 4.90 Å². The number of ketones is 1. The molecular weight excluding hydrogens is 212 g/mol. The van der Waals surface area contributed by atoms with Gasteiger partial charge in [-0.05, 0) is 37.1 Å². The third-order valence-corrected chi connectivity index (χ3v) is 3.84. The van der Waals surface area contributed by atoms with Crippen molar-refractivity contribution < 1.29 is 4.79 Å². The van der Waals surface area contributed by atoms with Crippen LogP contribution in [0.15, 0.2) is 24.3 Å². The number of piperidine rings is 1. The molecule has 2 unspecified atom stereocenters. The minimum absolute atomic E-state index is 0.384. The molecule has 3 nitrogen and oxygen atoms in total. The van der Waals surface area contributed by atoms with Crippen molar-refractivity contribution in [3.8, 4) is 6.07 Å². The highest BCUT2D eigenvalue weighted by atomic mass is 16.1. The molecule has 2 fully saturated rings. The average molecular weight is 226 g/mol. The summed E-state index contributed by atoms with van der Waals surface area (Å²) in [7, 11) is 0. The molecule has 1 aromatic rings. The number of Topliss-reactive ketones (excluding diaryl/α,β-unsaturated/α-hetero) is 1. The minimum atomic E-state index is 0.384. The Morgan fingerprint density at radius 1 is 1.12 bits per heavy atom. The molecule has 0 radical (unpaired) electrons. The van der Waals surface area contributed by atoms with Crippen molar-refractivity contribution in [3.63, 3.8) is 0 Å². The minimum Gasteiger partial charge on any atom is -0.365 e. The van der Waals surface area contributed by atoms with Crippen molar-refractivity contribution in [2.45, 2.75) is 37.8 Å². The molecule has 0 N–H and O–H groups in total. The van der Waals surface area contributed by atoms with E-state index in [9.17, 15) is 4.79 Å². The third-order valence-electron chi connectivity index (χ3n) is 3.84. The lowest BCUT2D eigenvalue weighted by atomic mass is 10.0. The molecule has 0 spiro atoms. The maximum Gasteiger partial charge on any atom is 0.137 e. The summed E-state index contributed by atoms with van der Waals surface area (Å²) in [6.07, 6.45) is 3.62. The zero-order valence-corrected chi connectivity index (χ0v) is 9.60. The van der Waals surface area contributed by atoms with Crippen molar-refractivity contribution in [1.29, 1.82) is 5.26 Å². The molecule has 2 aliphatic rings. The molecule has 17 heavy (non-hydrogen) atoms. The summed E-state index contributed by atoms with van der Waals surface area (Å²) >= 11 is 0. The third kappa shape index (κ3) is 1.70. The Kier molecular flexibility index (Phi) is 2.36. The number of nitriles is 1. The summed E-state index contributed by atoms with van der Waals surface area (Å²) in [5.74, 6) is 0.405. The molecule has 0 aliphatic carbocycles. The van der Waals surface area contributed by atoms with Gasteiger partial charge in [-0.25, -0.2) is 0 Å². The van der Waals surface area contributed by atoms with Crippen LogP contribution in [-0.4, -0.2) is 17.9 Å². The Morgan fingerprint density at radius 3 is 2.24 bits per heavy atom. The first-order valence-electron chi connectivity index (χ1n) is 6.08. The van der Waals surface area contributed by atoms with E-state index in [-0.39, 0.29) is 0 Å². The number of carbonyl (C=O) groups is 1. The van der Waals surface area contributed by atoms with E-state index < -0.39 is 0 Å². The number of rotatable bonds is 1. The number of benzene rings is 1. The van der Waals surface area contributed by atoms with Crippen molar-refractivity contribution in [2.24, 2.45) is 0 Å². The molecule has 0 aromatic heterocycles. The first-order chi connectivity index (χ1) is 8.28. The molecule has 2 heterocycles. The van der Waals surface area contributed by atoms with Gasteiger partial charge in [0.2, 0.25) is 0 Å². The van der Waals surface area contributed by atoms with Crippen LogP contribution >= 0.6 is 0 Å². The van der Waals surface area contributed by atoms with E-state index in [2.05, 4.69) is 11.0 Å². The first-order valence-corrected chi connectivity index (χ1v) is 6.08. The molecule has 2 saturated heterocycles. The number of fused-ring (bicyclic) bond motifs is 2. The van der Waals surface area contributed by atoms with Gasteiger partial charge in [-0.2, -0.15) is 5.26 Å². The maximum absolute atomic E-state index is 11.5. The Labute approximate surface area is 101 Å². The van der Waals surface area contributed by atoms with E-state index in [1.807, 2.05) is 24.3 Å². The average Bonchev–Trinajstić information content (AvgIpc) is 2.62. The molecule has 0 saturated carbocycles. The number of anilines is 1. The fourth-order valence-corrected chi connectivity index (χ4v) is 3.10. The lowest BCUT2D eigenvalue weighted by Gasteiger charge is -2.36. The van der Waals surface area contributed by atoms with Gasteiger partial charge in [0.05, 0.1) is 11.6 Å². The predicted octanol–water partition coefficient (Wildman–Crippen LogP) is 2.26. The molecule has 1 aromatic carbocycles. The standard InChI is InChI=1S/C14H14N2O/c15-9-10-1-3-11(4-2-10)16-12-5-6-13(16)8-14(17)7-12/h1-4,12-13H,5-8H2. The van der Waals surface area contributed by atoms with Crippen LogP contribution in [0.1, 0.15) is 31.2 Å². The van der Waals surface area contributed by atoms with Gasteiger partial charge in [-0.15, -0.1) is 0 Å². The normalized spacial score (nSPS) is 27.0. The summed E-state index contributed by atoms with van der Waals surface area (Å²) < 4.78 is 0. The Hall–Kier alpha value is -1.82. The smallest absolute Gasteiger partial charge is 0.137 e. The topological polar surface area (TPSA) is 44.1 Å². The van der Waals surface area contributed by atoms with Crippen molar-refractivity contribution >= 4 is 11.5 Å². The van der Waals surface area contributed by atoms with E-state index in [0.29, 0.717) is 36.3 Å². The summed E-state index contributed by atoms with van der Waals surface area (Å²) in [6.45, 7) is 0. The van der Waals surface area contributed by atoms with Crippen LogP contribution in [0.4, 0.5) is 5.69 Å². The van der Waals surface area contributed by atoms with Crippen LogP contribution < -0.4 is 4.90 Å². The van der Waals surface area contributed by atoms with Crippen LogP contribution in [0, 0.1) is 11.3 Å². The summed E-state index contributed by atoms with van der Waals surface area (Å²) in [4.78, 5) is 13.9. The Bertz CT molecular complexity index is 470. The number of nitrogens with zero attached hydrogens (tertiary/aromatic N) is 2. The number of carbonyl (C=O) groups excluding carboxylic acids is 1. The monoisotopic (exact) mass is 226 g/mol. The van der Waals surface area contributed by atoms with E-state index in [4.69, 9.17) is 5.26 Å². The SMILES string of the molecule is N#Cc1ccc(N2C3CCC2CC(=O)C3)cc1. The summed E-state index contributed by atoms with van der Waals surface area (Å²) in [5, 5.41) is 8.78. The van der Waals surface area contributed by atoms with Gasteiger partial charge in [-0.1, -0.05) is 0 Å². The summed E-state index contributed by atoms with van der Waals surface area (Å²) in [6, 6.07) is 10.6. The maximum atomic E-state index is 11.5. The quantitative estimate of drug-likeness (QED) is 0.737. The van der Waals surface area contributed by atoms with E-state index in [0.717, 1.165) is 18.5 Å². The van der Waals surface area contributed by atoms with Crippen LogP contribution in [0.5, 0.6) is 0 Å². The predicted molar refractivity (Wildman–Crippen MR) is 64.7 cm³/mol. The number of hydrogen-bond acceptors (Lipinski definition) is 3. The molecule has 3 heteroatoms. The second-order valence-electron chi connectivity index (χ2n) is 4.90. The van der Waals surface area contributed by atoms with Gasteiger partial charge >= 0.3 is 0 Å².